The molecule has 4 heteroatoms. The van der Waals surface area contributed by atoms with E-state index in [0.29, 0.717) is 5.75 Å². The number of phenols is 1. The number of anilines is 1. The molecule has 1 aromatic carbocycles. The quantitative estimate of drug-likeness (QED) is 0.839. The van der Waals surface area contributed by atoms with Crippen molar-refractivity contribution in [1.29, 1.82) is 0 Å². The standard InChI is InChI=1S/C14H16ClNOS/c1-8-4-5-11(9(2)14(8)17)16-10(3)12-6-7-13(15)18-12/h4-7,10,16-17H,1-3H3. The molecule has 18 heavy (non-hydrogen) atoms. The molecule has 2 N–H and O–H groups in total. The molecule has 0 radical (unpaired) electrons. The van der Waals surface area contributed by atoms with Gasteiger partial charge in [-0.1, -0.05) is 17.7 Å². The molecule has 0 amide bonds. The zero-order valence-electron chi connectivity index (χ0n) is 10.6. The maximum atomic E-state index is 9.92. The van der Waals surface area contributed by atoms with Crippen LogP contribution in [0.15, 0.2) is 24.3 Å². The highest BCUT2D eigenvalue weighted by Gasteiger charge is 2.11. The average molecular weight is 282 g/mol. The lowest BCUT2D eigenvalue weighted by Crippen LogP contribution is -2.06. The van der Waals surface area contributed by atoms with Gasteiger partial charge in [0.05, 0.1) is 10.4 Å². The zero-order chi connectivity index (χ0) is 13.3. The van der Waals surface area contributed by atoms with Crippen LogP contribution in [0.4, 0.5) is 5.69 Å². The van der Waals surface area contributed by atoms with Crippen LogP contribution in [0, 0.1) is 13.8 Å². The predicted octanol–water partition coefficient (Wildman–Crippen LogP) is 4.90. The molecule has 2 aromatic rings. The molecular formula is C14H16ClNOS. The van der Waals surface area contributed by atoms with Crippen LogP contribution in [0.5, 0.6) is 5.75 Å². The Kier molecular flexibility index (Phi) is 3.83. The SMILES string of the molecule is Cc1ccc(NC(C)c2ccc(Cl)s2)c(C)c1O. The van der Waals surface area contributed by atoms with Crippen molar-refractivity contribution in [2.24, 2.45) is 0 Å². The lowest BCUT2D eigenvalue weighted by Gasteiger charge is -2.17. The first kappa shape index (κ1) is 13.2. The molecule has 96 valence electrons. The molecule has 0 fully saturated rings. The average Bonchev–Trinajstić information content (AvgIpc) is 2.77. The van der Waals surface area contributed by atoms with Gasteiger partial charge >= 0.3 is 0 Å². The zero-order valence-corrected chi connectivity index (χ0v) is 12.2. The fourth-order valence-electron chi connectivity index (χ4n) is 1.86. The van der Waals surface area contributed by atoms with Crippen LogP contribution in [0.1, 0.15) is 29.0 Å². The van der Waals surface area contributed by atoms with Crippen molar-refractivity contribution in [3.8, 4) is 5.75 Å². The second-order valence-electron chi connectivity index (χ2n) is 4.41. The molecule has 0 bridgehead atoms. The van der Waals surface area contributed by atoms with E-state index in [-0.39, 0.29) is 6.04 Å². The van der Waals surface area contributed by atoms with E-state index in [9.17, 15) is 5.11 Å². The highest BCUT2D eigenvalue weighted by molar-refractivity contribution is 7.16. The molecule has 0 aliphatic rings. The van der Waals surface area contributed by atoms with Crippen LogP contribution in [0.3, 0.4) is 0 Å². The molecule has 0 aliphatic heterocycles. The van der Waals surface area contributed by atoms with E-state index in [0.717, 1.165) is 21.2 Å². The van der Waals surface area contributed by atoms with Crippen LogP contribution in [-0.4, -0.2) is 5.11 Å². The van der Waals surface area contributed by atoms with Crippen molar-refractivity contribution in [3.63, 3.8) is 0 Å². The number of rotatable bonds is 3. The van der Waals surface area contributed by atoms with Gasteiger partial charge in [-0.2, -0.15) is 0 Å². The summed E-state index contributed by atoms with van der Waals surface area (Å²) >= 11 is 7.50. The summed E-state index contributed by atoms with van der Waals surface area (Å²) in [6.07, 6.45) is 0. The Hall–Kier alpha value is -1.19. The predicted molar refractivity (Wildman–Crippen MR) is 78.9 cm³/mol. The Morgan fingerprint density at radius 1 is 1.22 bits per heavy atom. The van der Waals surface area contributed by atoms with E-state index in [2.05, 4.69) is 12.2 Å². The minimum atomic E-state index is 0.170. The van der Waals surface area contributed by atoms with Crippen molar-refractivity contribution in [2.45, 2.75) is 26.8 Å². The Morgan fingerprint density at radius 2 is 1.94 bits per heavy atom. The van der Waals surface area contributed by atoms with Crippen LogP contribution in [-0.2, 0) is 0 Å². The Balaban J connectivity index is 2.22. The molecule has 0 spiro atoms. The molecule has 1 atom stereocenters. The van der Waals surface area contributed by atoms with Gasteiger partial charge in [-0.25, -0.2) is 0 Å². The summed E-state index contributed by atoms with van der Waals surface area (Å²) in [5, 5.41) is 13.3. The fourth-order valence-corrected chi connectivity index (χ4v) is 2.92. The van der Waals surface area contributed by atoms with E-state index in [4.69, 9.17) is 11.6 Å². The third-order valence-corrected chi connectivity index (χ3v) is 4.44. The third kappa shape index (κ3) is 2.62. The van der Waals surface area contributed by atoms with Crippen LogP contribution >= 0.6 is 22.9 Å². The monoisotopic (exact) mass is 281 g/mol. The summed E-state index contributed by atoms with van der Waals surface area (Å²) < 4.78 is 0.794. The number of aromatic hydroxyl groups is 1. The van der Waals surface area contributed by atoms with Crippen molar-refractivity contribution in [1.82, 2.24) is 0 Å². The summed E-state index contributed by atoms with van der Waals surface area (Å²) in [4.78, 5) is 1.18. The van der Waals surface area contributed by atoms with E-state index in [1.807, 2.05) is 38.1 Å². The number of hydrogen-bond acceptors (Lipinski definition) is 3. The van der Waals surface area contributed by atoms with Crippen molar-refractivity contribution in [3.05, 3.63) is 44.6 Å². The second kappa shape index (κ2) is 5.21. The number of halogens is 1. The normalized spacial score (nSPS) is 12.4. The van der Waals surface area contributed by atoms with Gasteiger partial charge < -0.3 is 10.4 Å². The smallest absolute Gasteiger partial charge is 0.123 e. The van der Waals surface area contributed by atoms with Crippen molar-refractivity contribution < 1.29 is 5.11 Å². The third-order valence-electron chi connectivity index (χ3n) is 3.03. The molecule has 0 saturated heterocycles. The van der Waals surface area contributed by atoms with Crippen LogP contribution in [0.25, 0.3) is 0 Å². The van der Waals surface area contributed by atoms with Gasteiger partial charge in [0.2, 0.25) is 0 Å². The largest absolute Gasteiger partial charge is 0.507 e. The fraction of sp³-hybridized carbons (Fsp3) is 0.286. The first-order chi connectivity index (χ1) is 8.49. The number of aryl methyl sites for hydroxylation is 1. The Labute approximate surface area is 116 Å². The van der Waals surface area contributed by atoms with Gasteiger partial charge in [0.1, 0.15) is 5.75 Å². The lowest BCUT2D eigenvalue weighted by atomic mass is 10.1. The summed E-state index contributed by atoms with van der Waals surface area (Å²) in [7, 11) is 0. The van der Waals surface area contributed by atoms with Gasteiger partial charge in [-0.05, 0) is 44.5 Å². The van der Waals surface area contributed by atoms with Gasteiger partial charge in [-0.3, -0.25) is 0 Å². The molecule has 2 rings (SSSR count). The number of phenolic OH excluding ortho intramolecular Hbond substituents is 1. The van der Waals surface area contributed by atoms with Crippen molar-refractivity contribution >= 4 is 28.6 Å². The van der Waals surface area contributed by atoms with Gasteiger partial charge in [0.25, 0.3) is 0 Å². The number of nitrogens with one attached hydrogen (secondary N) is 1. The maximum Gasteiger partial charge on any atom is 0.123 e. The van der Waals surface area contributed by atoms with E-state index in [1.54, 1.807) is 11.3 Å². The second-order valence-corrected chi connectivity index (χ2v) is 6.16. The first-order valence-corrected chi connectivity index (χ1v) is 6.99. The minimum absolute atomic E-state index is 0.170. The van der Waals surface area contributed by atoms with E-state index in [1.165, 1.54) is 4.88 Å². The molecule has 1 aromatic heterocycles. The van der Waals surface area contributed by atoms with Gasteiger partial charge in [-0.15, -0.1) is 11.3 Å². The van der Waals surface area contributed by atoms with E-state index < -0.39 is 0 Å². The van der Waals surface area contributed by atoms with Gasteiger partial charge in [0.15, 0.2) is 0 Å². The summed E-state index contributed by atoms with van der Waals surface area (Å²) in [6.45, 7) is 5.89. The first-order valence-electron chi connectivity index (χ1n) is 5.80. The van der Waals surface area contributed by atoms with Crippen LogP contribution in [0.2, 0.25) is 4.34 Å². The van der Waals surface area contributed by atoms with E-state index >= 15 is 0 Å². The summed E-state index contributed by atoms with van der Waals surface area (Å²) in [5.41, 5.74) is 2.73. The maximum absolute atomic E-state index is 9.92. The molecule has 0 aliphatic carbocycles. The number of benzene rings is 1. The summed E-state index contributed by atoms with van der Waals surface area (Å²) in [5.74, 6) is 0.358. The van der Waals surface area contributed by atoms with Crippen molar-refractivity contribution in [2.75, 3.05) is 5.32 Å². The molecule has 1 heterocycles. The number of hydrogen-bond donors (Lipinski definition) is 2. The Bertz CT molecular complexity index is 565. The lowest BCUT2D eigenvalue weighted by molar-refractivity contribution is 0.467. The highest BCUT2D eigenvalue weighted by atomic mass is 35.5. The minimum Gasteiger partial charge on any atom is -0.507 e. The molecule has 2 nitrogen and oxygen atoms in total. The Morgan fingerprint density at radius 3 is 2.56 bits per heavy atom. The highest BCUT2D eigenvalue weighted by Crippen LogP contribution is 2.33. The number of thiophene rings is 1. The topological polar surface area (TPSA) is 32.3 Å². The van der Waals surface area contributed by atoms with Gasteiger partial charge in [0, 0.05) is 16.1 Å². The summed E-state index contributed by atoms with van der Waals surface area (Å²) in [6, 6.07) is 8.01. The molecule has 0 saturated carbocycles. The molecule has 1 unspecified atom stereocenters. The molecular weight excluding hydrogens is 266 g/mol. The van der Waals surface area contributed by atoms with Crippen LogP contribution < -0.4 is 5.32 Å².